The molecule has 2 heterocycles. The fraction of sp³-hybridized carbons (Fsp3) is 0.194. The summed E-state index contributed by atoms with van der Waals surface area (Å²) in [6.07, 6.45) is 1.76. The summed E-state index contributed by atoms with van der Waals surface area (Å²) in [6, 6.07) is 19.7. The van der Waals surface area contributed by atoms with Crippen molar-refractivity contribution in [3.05, 3.63) is 124 Å². The van der Waals surface area contributed by atoms with E-state index in [9.17, 15) is 9.59 Å². The quantitative estimate of drug-likeness (QED) is 0.225. The number of benzene rings is 3. The number of carbonyl (C=O) groups excluding carboxylic acids is 1. The summed E-state index contributed by atoms with van der Waals surface area (Å²) in [6.45, 7) is 3.97. The van der Waals surface area contributed by atoms with Crippen LogP contribution in [0.2, 0.25) is 5.02 Å². The van der Waals surface area contributed by atoms with Crippen LogP contribution in [0.3, 0.4) is 0 Å². The number of nitrogens with zero attached hydrogens (tertiary/aromatic N) is 2. The van der Waals surface area contributed by atoms with Gasteiger partial charge in [0.2, 0.25) is 0 Å². The van der Waals surface area contributed by atoms with Gasteiger partial charge in [-0.15, -0.1) is 0 Å². The van der Waals surface area contributed by atoms with Crippen molar-refractivity contribution < 1.29 is 19.0 Å². The van der Waals surface area contributed by atoms with Crippen LogP contribution in [0.5, 0.6) is 11.5 Å². The number of para-hydroxylation sites is 1. The standard InChI is InChI=1S/C31H26BrClN2O5S/c1-4-39-30(37)26-18(2)34-31-35(27(26)22-9-5-6-10-23(22)33)29(36)25(41-31)16-20-8-7-11-24(38-3)28(20)40-17-19-12-14-21(32)15-13-19/h5-16,27H,4,17H2,1-3H3/b25-16-/t27-/m0/s1. The van der Waals surface area contributed by atoms with Crippen molar-refractivity contribution in [1.29, 1.82) is 0 Å². The number of halogens is 2. The molecule has 41 heavy (non-hydrogen) atoms. The molecular weight excluding hydrogens is 628 g/mol. The predicted octanol–water partition coefficient (Wildman–Crippen LogP) is 5.80. The maximum absolute atomic E-state index is 14.0. The number of hydrogen-bond donors (Lipinski definition) is 0. The highest BCUT2D eigenvalue weighted by atomic mass is 79.9. The Morgan fingerprint density at radius 1 is 1.12 bits per heavy atom. The van der Waals surface area contributed by atoms with E-state index in [1.807, 2.05) is 48.5 Å². The molecule has 0 saturated heterocycles. The van der Waals surface area contributed by atoms with E-state index in [0.29, 0.717) is 49.3 Å². The predicted molar refractivity (Wildman–Crippen MR) is 163 cm³/mol. The Morgan fingerprint density at radius 3 is 2.59 bits per heavy atom. The van der Waals surface area contributed by atoms with Crippen LogP contribution >= 0.6 is 38.9 Å². The lowest BCUT2D eigenvalue weighted by atomic mass is 9.96. The smallest absolute Gasteiger partial charge is 0.338 e. The van der Waals surface area contributed by atoms with Gasteiger partial charge in [-0.05, 0) is 55.3 Å². The minimum absolute atomic E-state index is 0.189. The summed E-state index contributed by atoms with van der Waals surface area (Å²) in [5, 5.41) is 0.431. The number of hydrogen-bond acceptors (Lipinski definition) is 7. The number of allylic oxidation sites excluding steroid dienone is 1. The molecule has 0 spiro atoms. The third kappa shape index (κ3) is 5.88. The molecule has 7 nitrogen and oxygen atoms in total. The van der Waals surface area contributed by atoms with E-state index in [-0.39, 0.29) is 17.7 Å². The van der Waals surface area contributed by atoms with Crippen LogP contribution in [0.4, 0.5) is 0 Å². The number of aromatic nitrogens is 1. The zero-order valence-electron chi connectivity index (χ0n) is 22.5. The first kappa shape index (κ1) is 28.9. The molecule has 3 aromatic carbocycles. The highest BCUT2D eigenvalue weighted by Crippen LogP contribution is 2.35. The molecule has 1 aromatic heterocycles. The molecule has 0 radical (unpaired) electrons. The van der Waals surface area contributed by atoms with Crippen LogP contribution in [0.15, 0.2) is 92.3 Å². The molecule has 0 bridgehead atoms. The Bertz CT molecular complexity index is 1830. The van der Waals surface area contributed by atoms with E-state index in [1.54, 1.807) is 45.2 Å². The number of thiazole rings is 1. The minimum atomic E-state index is -0.792. The van der Waals surface area contributed by atoms with E-state index < -0.39 is 12.0 Å². The van der Waals surface area contributed by atoms with Crippen LogP contribution in [-0.2, 0) is 16.1 Å². The van der Waals surface area contributed by atoms with Gasteiger partial charge < -0.3 is 14.2 Å². The Kier molecular flexibility index (Phi) is 8.77. The molecule has 0 saturated carbocycles. The molecule has 0 amide bonds. The molecule has 0 N–H and O–H groups in total. The Morgan fingerprint density at radius 2 is 1.88 bits per heavy atom. The third-order valence-electron chi connectivity index (χ3n) is 6.53. The van der Waals surface area contributed by atoms with Crippen molar-refractivity contribution in [2.24, 2.45) is 4.99 Å². The van der Waals surface area contributed by atoms with Crippen molar-refractivity contribution in [3.63, 3.8) is 0 Å². The van der Waals surface area contributed by atoms with Crippen molar-refractivity contribution in [1.82, 2.24) is 4.57 Å². The lowest BCUT2D eigenvalue weighted by Crippen LogP contribution is -2.40. The summed E-state index contributed by atoms with van der Waals surface area (Å²) in [4.78, 5) is 32.2. The molecule has 5 rings (SSSR count). The summed E-state index contributed by atoms with van der Waals surface area (Å²) in [7, 11) is 1.57. The van der Waals surface area contributed by atoms with Crippen LogP contribution in [0.25, 0.3) is 6.08 Å². The fourth-order valence-corrected chi connectivity index (χ4v) is 6.16. The fourth-order valence-electron chi connectivity index (χ4n) is 4.62. The second-order valence-electron chi connectivity index (χ2n) is 9.12. The summed E-state index contributed by atoms with van der Waals surface area (Å²) in [5.41, 5.74) is 2.70. The number of fused-ring (bicyclic) bond motifs is 1. The van der Waals surface area contributed by atoms with Crippen molar-refractivity contribution in [2.75, 3.05) is 13.7 Å². The van der Waals surface area contributed by atoms with E-state index >= 15 is 0 Å². The number of esters is 1. The van der Waals surface area contributed by atoms with Gasteiger partial charge in [-0.1, -0.05) is 81.3 Å². The molecule has 1 atom stereocenters. The van der Waals surface area contributed by atoms with Gasteiger partial charge in [0.1, 0.15) is 12.6 Å². The minimum Gasteiger partial charge on any atom is -0.493 e. The van der Waals surface area contributed by atoms with Gasteiger partial charge in [0.15, 0.2) is 16.3 Å². The summed E-state index contributed by atoms with van der Waals surface area (Å²) >= 11 is 11.3. The first-order valence-corrected chi connectivity index (χ1v) is 14.8. The normalized spacial score (nSPS) is 14.9. The van der Waals surface area contributed by atoms with Gasteiger partial charge in [-0.3, -0.25) is 9.36 Å². The average molecular weight is 654 g/mol. The highest BCUT2D eigenvalue weighted by Gasteiger charge is 2.34. The molecule has 0 aliphatic carbocycles. The zero-order valence-corrected chi connectivity index (χ0v) is 25.7. The van der Waals surface area contributed by atoms with Crippen molar-refractivity contribution >= 4 is 50.9 Å². The maximum Gasteiger partial charge on any atom is 0.338 e. The van der Waals surface area contributed by atoms with E-state index in [0.717, 1.165) is 10.0 Å². The summed E-state index contributed by atoms with van der Waals surface area (Å²) < 4.78 is 20.1. The lowest BCUT2D eigenvalue weighted by Gasteiger charge is -2.25. The average Bonchev–Trinajstić information content (AvgIpc) is 3.26. The molecule has 0 unspecified atom stereocenters. The second kappa shape index (κ2) is 12.5. The SMILES string of the molecule is CCOC(=O)C1=C(C)N=c2s/c(=C\c3cccc(OC)c3OCc3ccc(Br)cc3)c(=O)n2[C@H]1c1ccccc1Cl. The highest BCUT2D eigenvalue weighted by molar-refractivity contribution is 9.10. The van der Waals surface area contributed by atoms with Gasteiger partial charge in [-0.2, -0.15) is 0 Å². The van der Waals surface area contributed by atoms with Crippen molar-refractivity contribution in [2.45, 2.75) is 26.5 Å². The molecular formula is C31H26BrClN2O5S. The number of methoxy groups -OCH3 is 1. The van der Waals surface area contributed by atoms with Crippen molar-refractivity contribution in [3.8, 4) is 11.5 Å². The zero-order chi connectivity index (χ0) is 29.1. The van der Waals surface area contributed by atoms with Gasteiger partial charge in [-0.25, -0.2) is 9.79 Å². The molecule has 1 aliphatic heterocycles. The summed E-state index contributed by atoms with van der Waals surface area (Å²) in [5.74, 6) is 0.511. The Hall–Kier alpha value is -3.66. The van der Waals surface area contributed by atoms with Gasteiger partial charge in [0.25, 0.3) is 5.56 Å². The van der Waals surface area contributed by atoms with E-state index in [2.05, 4.69) is 20.9 Å². The van der Waals surface area contributed by atoms with Crippen LogP contribution in [-0.4, -0.2) is 24.3 Å². The van der Waals surface area contributed by atoms with Gasteiger partial charge in [0, 0.05) is 15.1 Å². The molecule has 10 heteroatoms. The van der Waals surface area contributed by atoms with Crippen LogP contribution in [0, 0.1) is 0 Å². The lowest BCUT2D eigenvalue weighted by molar-refractivity contribution is -0.139. The number of carbonyl (C=O) groups is 1. The number of rotatable bonds is 8. The molecule has 210 valence electrons. The monoisotopic (exact) mass is 652 g/mol. The van der Waals surface area contributed by atoms with E-state index in [4.69, 9.17) is 25.8 Å². The molecule has 4 aromatic rings. The third-order valence-corrected chi connectivity index (χ3v) is 8.38. The van der Waals surface area contributed by atoms with Gasteiger partial charge >= 0.3 is 5.97 Å². The molecule has 1 aliphatic rings. The van der Waals surface area contributed by atoms with Crippen LogP contribution in [0.1, 0.15) is 36.6 Å². The maximum atomic E-state index is 14.0. The largest absolute Gasteiger partial charge is 0.493 e. The first-order chi connectivity index (χ1) is 19.8. The molecule has 0 fully saturated rings. The van der Waals surface area contributed by atoms with E-state index in [1.165, 1.54) is 15.9 Å². The Labute approximate surface area is 254 Å². The van der Waals surface area contributed by atoms with Crippen LogP contribution < -0.4 is 24.4 Å². The second-order valence-corrected chi connectivity index (χ2v) is 11.4. The first-order valence-electron chi connectivity index (χ1n) is 12.8. The number of ether oxygens (including phenoxy) is 3. The van der Waals surface area contributed by atoms with Gasteiger partial charge in [0.05, 0.1) is 29.5 Å². The Balaban J connectivity index is 1.64. The topological polar surface area (TPSA) is 79.1 Å².